The molecule has 0 saturated heterocycles. The van der Waals surface area contributed by atoms with Gasteiger partial charge < -0.3 is 22.1 Å². The van der Waals surface area contributed by atoms with Crippen molar-refractivity contribution in [3.05, 3.63) is 0 Å². The molecule has 0 aromatic rings. The molecule has 0 N–H and O–H groups in total. The molecule has 0 heterocycles. The number of rotatable bonds is 19. The van der Waals surface area contributed by atoms with E-state index in [4.69, 9.17) is 22.1 Å². The molecule has 8 heteroatoms. The van der Waals surface area contributed by atoms with Crippen molar-refractivity contribution in [1.29, 1.82) is 0 Å². The topological polar surface area (TPSA) is 46.2 Å². The Labute approximate surface area is 177 Å². The third kappa shape index (κ3) is 11.1. The van der Waals surface area contributed by atoms with Crippen LogP contribution in [0.3, 0.4) is 0 Å². The van der Waals surface area contributed by atoms with E-state index < -0.39 is 17.4 Å². The van der Waals surface area contributed by atoms with Crippen LogP contribution in [0.1, 0.15) is 60.3 Å². The Morgan fingerprint density at radius 1 is 0.538 bits per heavy atom. The van der Waals surface area contributed by atoms with Crippen LogP contribution in [0.4, 0.5) is 0 Å². The molecule has 0 aliphatic carbocycles. The summed E-state index contributed by atoms with van der Waals surface area (Å²) in [7, 11) is -4.91. The molecular formula is C18H41IO5Si2. The summed E-state index contributed by atoms with van der Waals surface area (Å²) in [5, 5.41) is 0. The molecule has 158 valence electrons. The van der Waals surface area contributed by atoms with E-state index in [-0.39, 0.29) is 0 Å². The summed E-state index contributed by atoms with van der Waals surface area (Å²) in [6.45, 7) is 13.4. The summed E-state index contributed by atoms with van der Waals surface area (Å²) in [5.74, 6) is 0. The lowest BCUT2D eigenvalue weighted by Crippen LogP contribution is -2.50. The van der Waals surface area contributed by atoms with Gasteiger partial charge in [-0.25, -0.2) is 0 Å². The maximum Gasteiger partial charge on any atom is 0.500 e. The van der Waals surface area contributed by atoms with E-state index in [2.05, 4.69) is 36.4 Å². The lowest BCUT2D eigenvalue weighted by atomic mass is 10.2. The first-order chi connectivity index (χ1) is 12.6. The van der Waals surface area contributed by atoms with Crippen molar-refractivity contribution < 1.29 is 22.1 Å². The van der Waals surface area contributed by atoms with Gasteiger partial charge in [-0.05, 0) is 57.6 Å². The van der Waals surface area contributed by atoms with Crippen LogP contribution >= 0.6 is 22.6 Å². The maximum absolute atomic E-state index is 6.28. The molecule has 0 aliphatic heterocycles. The fraction of sp³-hybridized carbons (Fsp3) is 1.00. The number of halogens is 1. The van der Waals surface area contributed by atoms with Gasteiger partial charge in [0.25, 0.3) is 0 Å². The highest BCUT2D eigenvalue weighted by atomic mass is 127. The first kappa shape index (κ1) is 27.0. The Bertz CT molecular complexity index is 301. The van der Waals surface area contributed by atoms with Gasteiger partial charge in [-0.15, -0.1) is 0 Å². The maximum atomic E-state index is 6.28. The predicted octanol–water partition coefficient (Wildman–Crippen LogP) is 5.55. The molecule has 5 nitrogen and oxygen atoms in total. The second kappa shape index (κ2) is 16.9. The largest absolute Gasteiger partial charge is 0.500 e. The van der Waals surface area contributed by atoms with Crippen LogP contribution in [-0.2, 0) is 22.1 Å². The van der Waals surface area contributed by atoms with Gasteiger partial charge in [0.1, 0.15) is 0 Å². The van der Waals surface area contributed by atoms with Gasteiger partial charge in [0.05, 0.1) is 0 Å². The minimum Gasteiger partial charge on any atom is -0.394 e. The molecule has 26 heavy (non-hydrogen) atoms. The Kier molecular flexibility index (Phi) is 17.5. The van der Waals surface area contributed by atoms with E-state index in [9.17, 15) is 0 Å². The van der Waals surface area contributed by atoms with Crippen LogP contribution in [0.15, 0.2) is 0 Å². The molecule has 0 unspecified atom stereocenters. The summed E-state index contributed by atoms with van der Waals surface area (Å²) < 4.78 is 31.9. The number of hydrogen-bond donors (Lipinski definition) is 0. The van der Waals surface area contributed by atoms with E-state index in [1.54, 1.807) is 0 Å². The average molecular weight is 521 g/mol. The van der Waals surface area contributed by atoms with Crippen molar-refractivity contribution in [2.45, 2.75) is 78.4 Å². The molecule has 0 rings (SSSR count). The highest BCUT2D eigenvalue weighted by Gasteiger charge is 2.46. The molecular weight excluding hydrogens is 479 g/mol. The Morgan fingerprint density at radius 2 is 1.00 bits per heavy atom. The molecule has 0 radical (unpaired) electrons. The van der Waals surface area contributed by atoms with E-state index in [0.717, 1.165) is 18.1 Å². The predicted molar refractivity (Wildman–Crippen MR) is 121 cm³/mol. The Hall–Kier alpha value is 0.964. The van der Waals surface area contributed by atoms with Crippen molar-refractivity contribution in [1.82, 2.24) is 0 Å². The second-order valence-corrected chi connectivity index (χ2v) is 13.3. The van der Waals surface area contributed by atoms with Gasteiger partial charge in [-0.3, -0.25) is 0 Å². The van der Waals surface area contributed by atoms with Crippen molar-refractivity contribution in [3.8, 4) is 0 Å². The van der Waals surface area contributed by atoms with E-state index in [1.165, 1.54) is 30.1 Å². The molecule has 0 aliphatic rings. The van der Waals surface area contributed by atoms with E-state index in [0.29, 0.717) is 33.0 Å². The Balaban J connectivity index is 5.03. The Morgan fingerprint density at radius 3 is 1.42 bits per heavy atom. The summed E-state index contributed by atoms with van der Waals surface area (Å²) in [4.78, 5) is 0. The smallest absolute Gasteiger partial charge is 0.394 e. The summed E-state index contributed by atoms with van der Waals surface area (Å²) in [5.41, 5.74) is 0. The van der Waals surface area contributed by atoms with Gasteiger partial charge in [-0.1, -0.05) is 41.9 Å². The molecule has 0 fully saturated rings. The average Bonchev–Trinajstić information content (AvgIpc) is 2.61. The van der Waals surface area contributed by atoms with Crippen LogP contribution < -0.4 is 0 Å². The molecule has 0 spiro atoms. The third-order valence-electron chi connectivity index (χ3n) is 4.16. The third-order valence-corrected chi connectivity index (χ3v) is 12.2. The molecule has 0 atom stereocenters. The van der Waals surface area contributed by atoms with Crippen LogP contribution in [-0.4, -0.2) is 54.8 Å². The van der Waals surface area contributed by atoms with Crippen molar-refractivity contribution in [2.75, 3.05) is 37.5 Å². The number of unbranched alkanes of at least 4 members (excludes halogenated alkanes) is 3. The standard InChI is InChI=1S/C18H41IO5Si2/c1-6-20-25(21-7-2,16-14-12-11-13-15-19)17-18-26(22-8-3,23-9-4)24-10-5/h6-18H2,1-5H3. The fourth-order valence-electron chi connectivity index (χ4n) is 3.17. The minimum atomic E-state index is -2.65. The molecule has 0 aromatic heterocycles. The van der Waals surface area contributed by atoms with Crippen molar-refractivity contribution >= 4 is 40.0 Å². The highest BCUT2D eigenvalue weighted by molar-refractivity contribution is 14.1. The zero-order valence-electron chi connectivity index (χ0n) is 17.6. The lowest BCUT2D eigenvalue weighted by Gasteiger charge is -2.34. The number of hydrogen-bond acceptors (Lipinski definition) is 5. The fourth-order valence-corrected chi connectivity index (χ4v) is 11.2. The van der Waals surface area contributed by atoms with Crippen LogP contribution in [0.25, 0.3) is 0 Å². The summed E-state index contributed by atoms with van der Waals surface area (Å²) in [6, 6.07) is 2.71. The van der Waals surface area contributed by atoms with Gasteiger partial charge in [0.2, 0.25) is 0 Å². The minimum absolute atomic E-state index is 0.611. The SMILES string of the molecule is CCO[Si](CCCCCCI)(CC[Si](OCC)(OCC)OCC)OCC. The van der Waals surface area contributed by atoms with Gasteiger partial charge in [0.15, 0.2) is 0 Å². The van der Waals surface area contributed by atoms with Gasteiger partial charge in [-0.2, -0.15) is 0 Å². The zero-order valence-corrected chi connectivity index (χ0v) is 21.8. The van der Waals surface area contributed by atoms with Crippen LogP contribution in [0.2, 0.25) is 18.1 Å². The molecule has 0 aromatic carbocycles. The second-order valence-electron chi connectivity index (χ2n) is 6.11. The lowest BCUT2D eigenvalue weighted by molar-refractivity contribution is 0.0711. The first-order valence-corrected chi connectivity index (χ1v) is 16.0. The van der Waals surface area contributed by atoms with Crippen molar-refractivity contribution in [2.24, 2.45) is 0 Å². The molecule has 0 bridgehead atoms. The molecule has 0 amide bonds. The van der Waals surface area contributed by atoms with Crippen molar-refractivity contribution in [3.63, 3.8) is 0 Å². The van der Waals surface area contributed by atoms with Gasteiger partial charge in [0, 0.05) is 39.1 Å². The zero-order chi connectivity index (χ0) is 19.7. The van der Waals surface area contributed by atoms with Gasteiger partial charge >= 0.3 is 17.4 Å². The summed E-state index contributed by atoms with van der Waals surface area (Å²) in [6.07, 6.45) is 5.02. The number of alkyl halides is 1. The van der Waals surface area contributed by atoms with Crippen LogP contribution in [0.5, 0.6) is 0 Å². The quantitative estimate of drug-likeness (QED) is 0.0968. The monoisotopic (exact) mass is 520 g/mol. The highest BCUT2D eigenvalue weighted by Crippen LogP contribution is 2.30. The van der Waals surface area contributed by atoms with E-state index >= 15 is 0 Å². The normalized spacial score (nSPS) is 12.7. The van der Waals surface area contributed by atoms with E-state index in [1.807, 2.05) is 20.8 Å². The first-order valence-electron chi connectivity index (χ1n) is 10.3. The molecule has 0 saturated carbocycles. The van der Waals surface area contributed by atoms with Crippen LogP contribution in [0, 0.1) is 0 Å². The summed E-state index contributed by atoms with van der Waals surface area (Å²) >= 11 is 2.45.